The van der Waals surface area contributed by atoms with Crippen molar-refractivity contribution >= 4 is 45.0 Å². The first-order valence-electron chi connectivity index (χ1n) is 14.2. The summed E-state index contributed by atoms with van der Waals surface area (Å²) in [6.07, 6.45) is 0. The van der Waals surface area contributed by atoms with E-state index in [4.69, 9.17) is 9.97 Å². The van der Waals surface area contributed by atoms with Crippen LogP contribution >= 0.6 is 0 Å². The van der Waals surface area contributed by atoms with Gasteiger partial charge in [-0.05, 0) is 59.1 Å². The number of amides is 2. The summed E-state index contributed by atoms with van der Waals surface area (Å²) >= 11 is 0. The average molecular weight is 752 g/mol. The van der Waals surface area contributed by atoms with Gasteiger partial charge in [0.05, 0.1) is 34.2 Å². The van der Waals surface area contributed by atoms with Gasteiger partial charge in [-0.15, -0.1) is 11.4 Å². The molecule has 0 aliphatic rings. The molecule has 0 N–H and O–H groups in total. The third-order valence-electron chi connectivity index (χ3n) is 7.29. The monoisotopic (exact) mass is 751 g/mol. The van der Waals surface area contributed by atoms with Crippen LogP contribution < -0.4 is 0 Å². The maximum absolute atomic E-state index is 12.0. The van der Waals surface area contributed by atoms with E-state index in [0.29, 0.717) is 11.4 Å². The Kier molecular flexibility index (Phi) is 8.94. The third-order valence-corrected chi connectivity index (χ3v) is 7.29. The van der Waals surface area contributed by atoms with E-state index in [1.54, 1.807) is 0 Å². The number of benzene rings is 3. The number of fused-ring (bicyclic) bond motifs is 3. The van der Waals surface area contributed by atoms with Crippen LogP contribution in [0.5, 0.6) is 0 Å². The van der Waals surface area contributed by atoms with Crippen molar-refractivity contribution in [2.45, 2.75) is 66.2 Å². The molecule has 0 aliphatic carbocycles. The number of rotatable bonds is 4. The van der Waals surface area contributed by atoms with Crippen molar-refractivity contribution in [1.82, 2.24) is 9.97 Å². The quantitative estimate of drug-likeness (QED) is 0.171. The van der Waals surface area contributed by atoms with E-state index in [-0.39, 0.29) is 43.7 Å². The molecule has 0 saturated carbocycles. The van der Waals surface area contributed by atoms with Gasteiger partial charge >= 0.3 is 21.1 Å². The van der Waals surface area contributed by atoms with Crippen LogP contribution in [0.3, 0.4) is 0 Å². The van der Waals surface area contributed by atoms with E-state index in [2.05, 4.69) is 76.4 Å². The van der Waals surface area contributed by atoms with Crippen LogP contribution in [0.25, 0.3) is 55.0 Å². The molecular formula is C36H36N4O2Pt. The van der Waals surface area contributed by atoms with E-state index in [0.717, 1.165) is 55.4 Å². The van der Waals surface area contributed by atoms with Gasteiger partial charge in [0.1, 0.15) is 0 Å². The van der Waals surface area contributed by atoms with Crippen LogP contribution in [0.4, 0.5) is 11.4 Å². The minimum Gasteiger partial charge on any atom is -0.627 e. The van der Waals surface area contributed by atoms with E-state index in [1.165, 1.54) is 13.8 Å². The summed E-state index contributed by atoms with van der Waals surface area (Å²) in [6, 6.07) is 23.7. The zero-order chi connectivity index (χ0) is 30.4. The van der Waals surface area contributed by atoms with Crippen molar-refractivity contribution in [3.05, 3.63) is 94.6 Å². The molecular weight excluding hydrogens is 716 g/mol. The molecule has 0 radical (unpaired) electrons. The van der Waals surface area contributed by atoms with Gasteiger partial charge in [0.2, 0.25) is 0 Å². The number of nitrogens with zero attached hydrogens (tertiary/aromatic N) is 4. The molecule has 6 nitrogen and oxygen atoms in total. The molecule has 0 fully saturated rings. The Balaban J connectivity index is 0.00000423. The fourth-order valence-electron chi connectivity index (χ4n) is 5.41. The summed E-state index contributed by atoms with van der Waals surface area (Å²) in [5.41, 5.74) is 7.61. The van der Waals surface area contributed by atoms with E-state index < -0.39 is 0 Å². The second-order valence-corrected chi connectivity index (χ2v) is 12.8. The number of para-hydroxylation sites is 2. The Labute approximate surface area is 268 Å². The maximum Gasteiger partial charge on any atom is 2.00 e. The minimum absolute atomic E-state index is 0. The zero-order valence-corrected chi connectivity index (χ0v) is 28.1. The van der Waals surface area contributed by atoms with Crippen LogP contribution in [-0.4, -0.2) is 21.8 Å². The first-order valence-corrected chi connectivity index (χ1v) is 14.2. The molecule has 43 heavy (non-hydrogen) atoms. The van der Waals surface area contributed by atoms with Gasteiger partial charge in [-0.1, -0.05) is 102 Å². The summed E-state index contributed by atoms with van der Waals surface area (Å²) in [5.74, 6) is -0.527. The van der Waals surface area contributed by atoms with Crippen molar-refractivity contribution in [1.29, 1.82) is 0 Å². The predicted octanol–water partition coefficient (Wildman–Crippen LogP) is 9.81. The largest absolute Gasteiger partial charge is 2.00 e. The van der Waals surface area contributed by atoms with Gasteiger partial charge in [0.15, 0.2) is 0 Å². The van der Waals surface area contributed by atoms with Crippen LogP contribution in [0.1, 0.15) is 66.5 Å². The number of carbonyl (C=O) groups is 2. The summed E-state index contributed by atoms with van der Waals surface area (Å²) in [7, 11) is 0. The van der Waals surface area contributed by atoms with Crippen LogP contribution in [0, 0.1) is 0 Å². The summed E-state index contributed by atoms with van der Waals surface area (Å²) in [4.78, 5) is 34.4. The molecule has 5 rings (SSSR count). The van der Waals surface area contributed by atoms with Crippen molar-refractivity contribution in [2.24, 2.45) is 0 Å². The molecule has 0 aliphatic heterocycles. The van der Waals surface area contributed by atoms with Crippen LogP contribution in [-0.2, 0) is 41.5 Å². The minimum atomic E-state index is -0.263. The number of hydrogen-bond donors (Lipinski definition) is 0. The Morgan fingerprint density at radius 3 is 1.26 bits per heavy atom. The summed E-state index contributed by atoms with van der Waals surface area (Å²) in [6.45, 7) is 16.0. The Bertz CT molecular complexity index is 1730. The first kappa shape index (κ1) is 32.0. The number of aromatic nitrogens is 2. The smallest absolute Gasteiger partial charge is 0.627 e. The fourth-order valence-corrected chi connectivity index (χ4v) is 5.41. The SMILES string of the molecule is CC(=O)[N-]c1ccccc1-c1cc(C(C)(C)C)c2ccc3c(C(C)(C)C)cc(-c4ccccc4[N-]C(C)=O)nc3c2n1.[Pt+2]. The molecule has 0 unspecified atom stereocenters. The molecule has 5 aromatic rings. The Hall–Kier alpha value is -3.89. The van der Waals surface area contributed by atoms with Gasteiger partial charge in [-0.3, -0.25) is 0 Å². The standard InChI is InChI=1S/C36H38N4O2.Pt/c1-21(41)37-29-15-11-9-13-25(29)31-19-27(35(3,4)5)23-17-18-24-28(36(6,7)8)20-32(40-34(24)33(23)39-31)26-14-10-12-16-30(26)38-22(2)42;/h9-20H,1-8H3,(H2,37,38,39,40,41,42);/q;+2/p-2. The topological polar surface area (TPSA) is 88.1 Å². The van der Waals surface area contributed by atoms with Gasteiger partial charge in [-0.25, -0.2) is 9.97 Å². The second kappa shape index (κ2) is 12.0. The fraction of sp³-hybridized carbons (Fsp3) is 0.278. The number of hydrogen-bond acceptors (Lipinski definition) is 4. The van der Waals surface area contributed by atoms with Gasteiger partial charge in [-0.2, -0.15) is 0 Å². The van der Waals surface area contributed by atoms with Crippen molar-refractivity contribution < 1.29 is 30.7 Å². The predicted molar refractivity (Wildman–Crippen MR) is 173 cm³/mol. The number of pyridine rings is 2. The van der Waals surface area contributed by atoms with E-state index in [9.17, 15) is 9.59 Å². The van der Waals surface area contributed by atoms with Gasteiger partial charge in [0, 0.05) is 10.8 Å². The van der Waals surface area contributed by atoms with Crippen molar-refractivity contribution in [2.75, 3.05) is 0 Å². The van der Waals surface area contributed by atoms with Gasteiger partial charge in [0.25, 0.3) is 0 Å². The normalized spacial score (nSPS) is 11.7. The van der Waals surface area contributed by atoms with E-state index in [1.807, 2.05) is 48.5 Å². The Morgan fingerprint density at radius 2 is 0.930 bits per heavy atom. The Morgan fingerprint density at radius 1 is 0.581 bits per heavy atom. The summed E-state index contributed by atoms with van der Waals surface area (Å²) < 4.78 is 0. The van der Waals surface area contributed by atoms with Gasteiger partial charge < -0.3 is 20.2 Å². The second-order valence-electron chi connectivity index (χ2n) is 12.8. The van der Waals surface area contributed by atoms with Crippen LogP contribution in [0.2, 0.25) is 0 Å². The molecule has 2 amide bonds. The molecule has 222 valence electrons. The van der Waals surface area contributed by atoms with Crippen molar-refractivity contribution in [3.8, 4) is 22.5 Å². The van der Waals surface area contributed by atoms with Crippen LogP contribution in [0.15, 0.2) is 72.8 Å². The molecule has 0 saturated heterocycles. The molecule has 2 aromatic heterocycles. The summed E-state index contributed by atoms with van der Waals surface area (Å²) in [5, 5.41) is 10.6. The third kappa shape index (κ3) is 6.55. The van der Waals surface area contributed by atoms with Crippen molar-refractivity contribution in [3.63, 3.8) is 0 Å². The molecule has 0 bridgehead atoms. The first-order chi connectivity index (χ1) is 19.7. The zero-order valence-electron chi connectivity index (χ0n) is 25.8. The molecule has 7 heteroatoms. The molecule has 0 spiro atoms. The maximum atomic E-state index is 12.0. The average Bonchev–Trinajstić information content (AvgIpc) is 2.90. The number of carbonyl (C=O) groups excluding carboxylic acids is 2. The molecule has 3 aromatic carbocycles. The molecule has 2 heterocycles. The van der Waals surface area contributed by atoms with E-state index >= 15 is 0 Å². The molecule has 0 atom stereocenters.